The average Bonchev–Trinajstić information content (AvgIpc) is 1.53. The third kappa shape index (κ3) is 8.72. The van der Waals surface area contributed by atoms with Crippen LogP contribution < -0.4 is 9.80 Å². The number of hydrogen-bond acceptors (Lipinski definition) is 2. The van der Waals surface area contributed by atoms with E-state index in [1.807, 2.05) is 0 Å². The van der Waals surface area contributed by atoms with Gasteiger partial charge < -0.3 is 9.80 Å². The SMILES string of the molecule is c1ccc(-c2ccc(N(c3ccccc3)c3ccc4c5c(ccc4c3)-c3c(c4ccc(N(c6ccccc6)c6ccc(-c7ccccc7)cc6-c6ccccc6)cc4c4ccccc34)C5(c3ccccc3)c3ccccc3)c(-c3ccccc3)c2)cc1. The molecule has 16 rings (SSSR count). The second-order valence-electron chi connectivity index (χ2n) is 22.7. The minimum atomic E-state index is -0.738. The minimum absolute atomic E-state index is 0.738. The molecule has 1 aliphatic rings. The van der Waals surface area contributed by atoms with Crippen molar-refractivity contribution in [3.05, 3.63) is 374 Å². The first-order valence-electron chi connectivity index (χ1n) is 30.1. The molecule has 0 N–H and O–H groups in total. The van der Waals surface area contributed by atoms with Gasteiger partial charge in [-0.3, -0.25) is 0 Å². The van der Waals surface area contributed by atoms with Gasteiger partial charge in [0.15, 0.2) is 0 Å². The Balaban J connectivity index is 0.943. The number of benzene rings is 15. The van der Waals surface area contributed by atoms with Crippen molar-refractivity contribution in [1.82, 2.24) is 0 Å². The molecule has 0 fully saturated rings. The van der Waals surface area contributed by atoms with Crippen LogP contribution in [0.2, 0.25) is 0 Å². The summed E-state index contributed by atoms with van der Waals surface area (Å²) in [6.07, 6.45) is 0. The Bertz CT molecular complexity index is 4950. The zero-order valence-electron chi connectivity index (χ0n) is 47.9. The fourth-order valence-electron chi connectivity index (χ4n) is 14.1. The van der Waals surface area contributed by atoms with Gasteiger partial charge in [-0.25, -0.2) is 0 Å². The summed E-state index contributed by atoms with van der Waals surface area (Å²) in [6, 6.07) is 130. The molecule has 0 spiro atoms. The van der Waals surface area contributed by atoms with Gasteiger partial charge >= 0.3 is 0 Å². The van der Waals surface area contributed by atoms with Gasteiger partial charge in [0.2, 0.25) is 0 Å². The Morgan fingerprint density at radius 2 is 0.609 bits per heavy atom. The fraction of sp³-hybridized carbons (Fsp3) is 0.0118. The number of anilines is 6. The molecule has 0 aliphatic heterocycles. The van der Waals surface area contributed by atoms with Crippen molar-refractivity contribution in [1.29, 1.82) is 0 Å². The predicted molar refractivity (Wildman–Crippen MR) is 367 cm³/mol. The minimum Gasteiger partial charge on any atom is -0.310 e. The van der Waals surface area contributed by atoms with Gasteiger partial charge in [0.1, 0.15) is 0 Å². The molecule has 0 amide bonds. The molecule has 0 atom stereocenters. The summed E-state index contributed by atoms with van der Waals surface area (Å²) in [4.78, 5) is 4.90. The van der Waals surface area contributed by atoms with Gasteiger partial charge in [-0.1, -0.05) is 279 Å². The maximum Gasteiger partial charge on any atom is 0.0725 e. The van der Waals surface area contributed by atoms with Crippen LogP contribution in [0.4, 0.5) is 34.1 Å². The molecule has 0 saturated heterocycles. The van der Waals surface area contributed by atoms with E-state index in [2.05, 4.69) is 362 Å². The van der Waals surface area contributed by atoms with Crippen molar-refractivity contribution in [2.24, 2.45) is 0 Å². The zero-order valence-corrected chi connectivity index (χ0v) is 47.9. The van der Waals surface area contributed by atoms with Crippen molar-refractivity contribution in [3.63, 3.8) is 0 Å². The average molecular weight is 1110 g/mol. The Kier molecular flexibility index (Phi) is 12.8. The molecular weight excluding hydrogens is 1050 g/mol. The van der Waals surface area contributed by atoms with Crippen molar-refractivity contribution >= 4 is 66.4 Å². The lowest BCUT2D eigenvalue weighted by atomic mass is 9.65. The maximum absolute atomic E-state index is 2.47. The van der Waals surface area contributed by atoms with E-state index in [-0.39, 0.29) is 0 Å². The Hall–Kier alpha value is -11.3. The lowest BCUT2D eigenvalue weighted by Gasteiger charge is -2.36. The molecule has 15 aromatic rings. The van der Waals surface area contributed by atoms with Crippen molar-refractivity contribution < 1.29 is 0 Å². The summed E-state index contributed by atoms with van der Waals surface area (Å²) in [7, 11) is 0. The molecule has 1 aliphatic carbocycles. The summed E-state index contributed by atoms with van der Waals surface area (Å²) in [5.41, 5.74) is 22.7. The monoisotopic (exact) mass is 1110 g/mol. The van der Waals surface area contributed by atoms with Gasteiger partial charge in [-0.05, 0) is 172 Å². The van der Waals surface area contributed by atoms with Gasteiger partial charge in [-0.15, -0.1) is 0 Å². The first-order chi connectivity index (χ1) is 43.2. The number of rotatable bonds is 12. The molecule has 0 aromatic heterocycles. The van der Waals surface area contributed by atoms with E-state index >= 15 is 0 Å². The van der Waals surface area contributed by atoms with Crippen LogP contribution in [0, 0.1) is 0 Å². The van der Waals surface area contributed by atoms with Crippen LogP contribution in [0.25, 0.3) is 88.0 Å². The van der Waals surface area contributed by atoms with E-state index in [1.54, 1.807) is 0 Å². The quantitative estimate of drug-likeness (QED) is 0.113. The highest BCUT2D eigenvalue weighted by Gasteiger charge is 2.49. The van der Waals surface area contributed by atoms with Crippen LogP contribution >= 0.6 is 0 Å². The summed E-state index contributed by atoms with van der Waals surface area (Å²) in [5, 5.41) is 7.25. The molecular formula is C85H58N2. The topological polar surface area (TPSA) is 6.48 Å². The lowest BCUT2D eigenvalue weighted by molar-refractivity contribution is 0.783. The van der Waals surface area contributed by atoms with E-state index in [1.165, 1.54) is 88.0 Å². The Morgan fingerprint density at radius 3 is 1.09 bits per heavy atom. The summed E-state index contributed by atoms with van der Waals surface area (Å²) in [5.74, 6) is 0. The second kappa shape index (κ2) is 21.7. The van der Waals surface area contributed by atoms with E-state index in [9.17, 15) is 0 Å². The molecule has 0 bridgehead atoms. The highest BCUT2D eigenvalue weighted by atomic mass is 15.1. The third-order valence-electron chi connectivity index (χ3n) is 17.8. The smallest absolute Gasteiger partial charge is 0.0725 e. The molecule has 0 heterocycles. The molecule has 87 heavy (non-hydrogen) atoms. The van der Waals surface area contributed by atoms with Crippen molar-refractivity contribution in [3.8, 4) is 55.6 Å². The van der Waals surface area contributed by atoms with Crippen LogP contribution in [-0.4, -0.2) is 0 Å². The highest BCUT2D eigenvalue weighted by Crippen LogP contribution is 2.62. The van der Waals surface area contributed by atoms with E-state index in [0.29, 0.717) is 0 Å². The van der Waals surface area contributed by atoms with Crippen LogP contribution in [0.5, 0.6) is 0 Å². The standard InChI is InChI=1S/C85H58N2/c1-9-27-59(28-10-1)63-46-53-80(77(56-63)61-31-13-3-14-32-61)86(68-39-21-7-22-40-68)70-48-51-72-65(55-70)45-50-76-82-74-44-26-25-43-73(74)79-58-71(49-52-75(79)84(82)85(83(72)76,66-35-17-5-18-36-66)67-37-19-6-20-38-67)87(69-41-23-8-24-42-69)81-54-47-64(60-29-11-2-12-30-60)57-78(81)62-33-15-4-16-34-62/h1-58H. The van der Waals surface area contributed by atoms with Crippen LogP contribution in [0.1, 0.15) is 22.3 Å². The zero-order chi connectivity index (χ0) is 57.7. The third-order valence-corrected chi connectivity index (χ3v) is 17.8. The molecule has 2 heteroatoms. The van der Waals surface area contributed by atoms with Gasteiger partial charge in [0.05, 0.1) is 16.8 Å². The number of nitrogens with zero attached hydrogens (tertiary/aromatic N) is 2. The second-order valence-corrected chi connectivity index (χ2v) is 22.7. The first kappa shape index (κ1) is 51.3. The van der Waals surface area contributed by atoms with Crippen molar-refractivity contribution in [2.45, 2.75) is 5.41 Å². The Morgan fingerprint density at radius 1 is 0.207 bits per heavy atom. The molecule has 0 radical (unpaired) electrons. The normalized spacial score (nSPS) is 12.2. The first-order valence-corrected chi connectivity index (χ1v) is 30.1. The van der Waals surface area contributed by atoms with Gasteiger partial charge in [0, 0.05) is 33.9 Å². The van der Waals surface area contributed by atoms with E-state index < -0.39 is 5.41 Å². The summed E-state index contributed by atoms with van der Waals surface area (Å²) < 4.78 is 0. The molecule has 15 aromatic carbocycles. The molecule has 2 nitrogen and oxygen atoms in total. The highest BCUT2D eigenvalue weighted by molar-refractivity contribution is 6.21. The van der Waals surface area contributed by atoms with E-state index in [0.717, 1.165) is 56.4 Å². The van der Waals surface area contributed by atoms with Gasteiger partial charge in [0.25, 0.3) is 0 Å². The number of fused-ring (bicyclic) bond motifs is 10. The maximum atomic E-state index is 2.47. The van der Waals surface area contributed by atoms with Crippen LogP contribution in [0.3, 0.4) is 0 Å². The largest absolute Gasteiger partial charge is 0.310 e. The van der Waals surface area contributed by atoms with Crippen LogP contribution in [0.15, 0.2) is 352 Å². The number of hydrogen-bond donors (Lipinski definition) is 0. The lowest BCUT2D eigenvalue weighted by Crippen LogP contribution is -2.29. The fourth-order valence-corrected chi connectivity index (χ4v) is 14.1. The predicted octanol–water partition coefficient (Wildman–Crippen LogP) is 23.1. The van der Waals surface area contributed by atoms with Crippen LogP contribution in [-0.2, 0) is 5.41 Å². The summed E-state index contributed by atoms with van der Waals surface area (Å²) >= 11 is 0. The molecule has 0 unspecified atom stereocenters. The van der Waals surface area contributed by atoms with Gasteiger partial charge in [-0.2, -0.15) is 0 Å². The number of para-hydroxylation sites is 2. The van der Waals surface area contributed by atoms with E-state index in [4.69, 9.17) is 0 Å². The Labute approximate surface area is 508 Å². The molecule has 408 valence electrons. The van der Waals surface area contributed by atoms with Crippen molar-refractivity contribution in [2.75, 3.05) is 9.80 Å². The molecule has 0 saturated carbocycles. The summed E-state index contributed by atoms with van der Waals surface area (Å²) in [6.45, 7) is 0.